The number of hydrogen-bond acceptors (Lipinski definition) is 3. The lowest BCUT2D eigenvalue weighted by atomic mass is 9.61. The van der Waals surface area contributed by atoms with Crippen LogP contribution in [0.3, 0.4) is 0 Å². The number of azide groups is 1. The molecule has 2 aliphatic rings. The number of hydrogen-bond donors (Lipinski definition) is 1. The maximum Gasteiger partial charge on any atom is 0.128 e. The van der Waals surface area contributed by atoms with E-state index in [1.165, 1.54) is 30.1 Å². The molecule has 1 aliphatic heterocycles. The summed E-state index contributed by atoms with van der Waals surface area (Å²) in [7, 11) is 0. The molecule has 0 radical (unpaired) electrons. The molecule has 1 heterocycles. The van der Waals surface area contributed by atoms with Crippen LogP contribution in [0, 0.1) is 5.92 Å². The highest BCUT2D eigenvalue weighted by Gasteiger charge is 2.56. The average Bonchev–Trinajstić information content (AvgIpc) is 2.67. The van der Waals surface area contributed by atoms with E-state index < -0.39 is 11.1 Å². The number of phenolic OH excluding ortho intramolecular Hbond substituents is 1. The Morgan fingerprint density at radius 1 is 1.23 bits per heavy atom. The summed E-state index contributed by atoms with van der Waals surface area (Å²) in [4.78, 5) is 3.23. The molecule has 1 aromatic rings. The van der Waals surface area contributed by atoms with Crippen LogP contribution in [0.25, 0.3) is 10.4 Å². The smallest absolute Gasteiger partial charge is 0.128 e. The van der Waals surface area contributed by atoms with Crippen LogP contribution in [-0.4, -0.2) is 15.1 Å². The van der Waals surface area contributed by atoms with E-state index in [9.17, 15) is 10.6 Å². The second-order valence-corrected chi connectivity index (χ2v) is 11.3. The largest absolute Gasteiger partial charge is 0.507 e. The first kappa shape index (κ1) is 23.5. The number of fused-ring (bicyclic) bond motifs is 3. The summed E-state index contributed by atoms with van der Waals surface area (Å²) in [6.45, 7) is 8.67. The van der Waals surface area contributed by atoms with Gasteiger partial charge in [0, 0.05) is 16.4 Å². The van der Waals surface area contributed by atoms with E-state index in [1.807, 2.05) is 6.07 Å². The number of phenols is 1. The molecule has 2 atom stereocenters. The summed E-state index contributed by atoms with van der Waals surface area (Å²) < 4.78 is 7.71. The number of benzene rings is 1. The van der Waals surface area contributed by atoms with Gasteiger partial charge in [0.2, 0.25) is 0 Å². The number of ether oxygens (including phenoxy) is 1. The summed E-state index contributed by atoms with van der Waals surface area (Å²) >= 11 is 2.44. The summed E-state index contributed by atoms with van der Waals surface area (Å²) in [6, 6.07) is 3.99. The zero-order chi connectivity index (χ0) is 22.0. The van der Waals surface area contributed by atoms with Crippen molar-refractivity contribution in [2.24, 2.45) is 11.0 Å². The van der Waals surface area contributed by atoms with Gasteiger partial charge in [-0.05, 0) is 72.6 Å². The Labute approximate surface area is 194 Å². The third kappa shape index (κ3) is 4.40. The van der Waals surface area contributed by atoms with Crippen molar-refractivity contribution in [2.75, 3.05) is 4.43 Å². The molecule has 0 saturated heterocycles. The second kappa shape index (κ2) is 9.15. The fourth-order valence-electron chi connectivity index (χ4n) is 5.65. The van der Waals surface area contributed by atoms with Crippen molar-refractivity contribution in [3.63, 3.8) is 0 Å². The van der Waals surface area contributed by atoms with Crippen LogP contribution in [0.2, 0.25) is 0 Å². The minimum absolute atomic E-state index is 0.0561. The third-order valence-corrected chi connectivity index (χ3v) is 8.06. The molecule has 1 saturated carbocycles. The number of rotatable bonds is 8. The highest BCUT2D eigenvalue weighted by Crippen LogP contribution is 2.59. The molecule has 0 spiro atoms. The average molecular weight is 525 g/mol. The molecule has 2 unspecified atom stereocenters. The molecule has 166 valence electrons. The Morgan fingerprint density at radius 2 is 1.97 bits per heavy atom. The van der Waals surface area contributed by atoms with Crippen molar-refractivity contribution < 1.29 is 9.84 Å². The SMILES string of the molecule is CC(C)(CCCCCCI)c1cc(O)c2c(c1)OC(C)(C)C1CCCCC21N=[N+]=[N-]. The molecule has 1 fully saturated rings. The van der Waals surface area contributed by atoms with E-state index in [0.717, 1.165) is 37.7 Å². The second-order valence-electron chi connectivity index (χ2n) is 10.2. The highest BCUT2D eigenvalue weighted by molar-refractivity contribution is 14.1. The van der Waals surface area contributed by atoms with Crippen LogP contribution in [0.4, 0.5) is 0 Å². The molecule has 30 heavy (non-hydrogen) atoms. The number of halogens is 1. The van der Waals surface area contributed by atoms with Crippen molar-refractivity contribution in [1.29, 1.82) is 0 Å². The van der Waals surface area contributed by atoms with Gasteiger partial charge in [0.1, 0.15) is 17.1 Å². The van der Waals surface area contributed by atoms with Crippen LogP contribution in [0.1, 0.15) is 96.6 Å². The van der Waals surface area contributed by atoms with Gasteiger partial charge in [-0.2, -0.15) is 0 Å². The molecule has 1 N–H and O–H groups in total. The first-order valence-corrected chi connectivity index (χ1v) is 12.9. The van der Waals surface area contributed by atoms with E-state index >= 15 is 0 Å². The van der Waals surface area contributed by atoms with Gasteiger partial charge in [-0.3, -0.25) is 0 Å². The lowest BCUT2D eigenvalue weighted by Gasteiger charge is -2.53. The molecule has 1 aliphatic carbocycles. The molecular formula is C24H36IN3O2. The lowest BCUT2D eigenvalue weighted by molar-refractivity contribution is -0.0442. The molecular weight excluding hydrogens is 489 g/mol. The van der Waals surface area contributed by atoms with Gasteiger partial charge < -0.3 is 9.84 Å². The highest BCUT2D eigenvalue weighted by atomic mass is 127. The van der Waals surface area contributed by atoms with Gasteiger partial charge in [0.25, 0.3) is 0 Å². The Morgan fingerprint density at radius 3 is 2.67 bits per heavy atom. The third-order valence-electron chi connectivity index (χ3n) is 7.29. The standard InChI is InChI=1S/C24H36IN3O2/c1-22(2,12-8-5-6-10-14-25)17-15-18(29)21-19(16-17)30-23(3,4)20-11-7-9-13-24(20,21)27-28-26/h15-16,20,29H,5-14H2,1-4H3. The topological polar surface area (TPSA) is 78.2 Å². The van der Waals surface area contributed by atoms with E-state index in [4.69, 9.17) is 4.74 Å². The zero-order valence-corrected chi connectivity index (χ0v) is 21.0. The Kier molecular flexibility index (Phi) is 7.18. The van der Waals surface area contributed by atoms with E-state index in [2.05, 4.69) is 66.4 Å². The predicted octanol–water partition coefficient (Wildman–Crippen LogP) is 7.92. The van der Waals surface area contributed by atoms with Crippen molar-refractivity contribution in [3.8, 4) is 11.5 Å². The molecule has 5 nitrogen and oxygen atoms in total. The summed E-state index contributed by atoms with van der Waals surface area (Å²) in [5.41, 5.74) is 9.98. The molecule has 6 heteroatoms. The zero-order valence-electron chi connectivity index (χ0n) is 18.9. The molecule has 3 rings (SSSR count). The predicted molar refractivity (Wildman–Crippen MR) is 131 cm³/mol. The fourth-order valence-corrected chi connectivity index (χ4v) is 6.19. The van der Waals surface area contributed by atoms with Crippen LogP contribution >= 0.6 is 22.6 Å². The fraction of sp³-hybridized carbons (Fsp3) is 0.750. The quantitative estimate of drug-likeness (QED) is 0.0935. The van der Waals surface area contributed by atoms with Gasteiger partial charge >= 0.3 is 0 Å². The number of unbranched alkanes of at least 4 members (excludes halogenated alkanes) is 3. The minimum atomic E-state index is -0.726. The molecule has 0 bridgehead atoms. The summed E-state index contributed by atoms with van der Waals surface area (Å²) in [6.07, 6.45) is 9.85. The van der Waals surface area contributed by atoms with E-state index in [1.54, 1.807) is 0 Å². The first-order valence-electron chi connectivity index (χ1n) is 11.4. The van der Waals surface area contributed by atoms with Gasteiger partial charge in [-0.1, -0.05) is 73.7 Å². The molecule has 0 amide bonds. The van der Waals surface area contributed by atoms with Gasteiger partial charge in [-0.25, -0.2) is 0 Å². The van der Waals surface area contributed by atoms with Crippen molar-refractivity contribution >= 4 is 22.6 Å². The number of aromatic hydroxyl groups is 1. The van der Waals surface area contributed by atoms with Crippen molar-refractivity contribution in [1.82, 2.24) is 0 Å². The van der Waals surface area contributed by atoms with Gasteiger partial charge in [-0.15, -0.1) is 0 Å². The summed E-state index contributed by atoms with van der Waals surface area (Å²) in [5.74, 6) is 0.971. The molecule has 0 aromatic heterocycles. The monoisotopic (exact) mass is 525 g/mol. The maximum atomic E-state index is 11.2. The van der Waals surface area contributed by atoms with Gasteiger partial charge in [0.05, 0.1) is 5.54 Å². The van der Waals surface area contributed by atoms with Crippen LogP contribution in [-0.2, 0) is 11.0 Å². The van der Waals surface area contributed by atoms with Crippen LogP contribution in [0.15, 0.2) is 17.2 Å². The first-order chi connectivity index (χ1) is 14.2. The minimum Gasteiger partial charge on any atom is -0.507 e. The van der Waals surface area contributed by atoms with E-state index in [0.29, 0.717) is 11.3 Å². The summed E-state index contributed by atoms with van der Waals surface area (Å²) in [5, 5.41) is 15.5. The number of alkyl halides is 1. The Bertz CT molecular complexity index is 817. The molecule has 1 aromatic carbocycles. The van der Waals surface area contributed by atoms with Crippen LogP contribution in [0.5, 0.6) is 11.5 Å². The van der Waals surface area contributed by atoms with Gasteiger partial charge in [0.15, 0.2) is 0 Å². The number of nitrogens with zero attached hydrogens (tertiary/aromatic N) is 3. The van der Waals surface area contributed by atoms with E-state index in [-0.39, 0.29) is 17.1 Å². The maximum absolute atomic E-state index is 11.2. The van der Waals surface area contributed by atoms with Crippen molar-refractivity contribution in [3.05, 3.63) is 33.7 Å². The van der Waals surface area contributed by atoms with Crippen molar-refractivity contribution in [2.45, 2.75) is 102 Å². The Hall–Kier alpha value is -1.14. The Balaban J connectivity index is 1.99. The van der Waals surface area contributed by atoms with Crippen LogP contribution < -0.4 is 4.74 Å². The lowest BCUT2D eigenvalue weighted by Crippen LogP contribution is -2.54. The normalized spacial score (nSPS) is 24.9.